The largest absolute Gasteiger partial charge is 0.497 e. The maximum Gasteiger partial charge on any atom is 0.122 e. The highest BCUT2D eigenvalue weighted by atomic mass is 16.5. The summed E-state index contributed by atoms with van der Waals surface area (Å²) >= 11 is 0. The summed E-state index contributed by atoms with van der Waals surface area (Å²) in [6, 6.07) is 6.08. The van der Waals surface area contributed by atoms with Gasteiger partial charge in [0.1, 0.15) is 11.5 Å². The summed E-state index contributed by atoms with van der Waals surface area (Å²) in [5.74, 6) is 1.80. The number of nitrogens with zero attached hydrogens (tertiary/aromatic N) is 1. The molecule has 0 aliphatic carbocycles. The van der Waals surface area contributed by atoms with E-state index in [9.17, 15) is 0 Å². The van der Waals surface area contributed by atoms with Gasteiger partial charge in [-0.3, -0.25) is 0 Å². The molecule has 1 aliphatic rings. The zero-order valence-electron chi connectivity index (χ0n) is 13.3. The molecule has 0 aromatic heterocycles. The molecule has 4 heteroatoms. The summed E-state index contributed by atoms with van der Waals surface area (Å²) in [6.07, 6.45) is 4.57. The number of hydrogen-bond donors (Lipinski definition) is 1. The monoisotopic (exact) mass is 292 g/mol. The van der Waals surface area contributed by atoms with Crippen LogP contribution in [0.5, 0.6) is 11.5 Å². The Morgan fingerprint density at radius 2 is 2.05 bits per heavy atom. The van der Waals surface area contributed by atoms with Gasteiger partial charge < -0.3 is 20.1 Å². The molecule has 1 saturated heterocycles. The van der Waals surface area contributed by atoms with Gasteiger partial charge in [0.2, 0.25) is 0 Å². The van der Waals surface area contributed by atoms with Crippen LogP contribution in [-0.4, -0.2) is 44.3 Å². The molecule has 1 unspecified atom stereocenters. The van der Waals surface area contributed by atoms with Gasteiger partial charge in [0.05, 0.1) is 13.7 Å². The number of rotatable bonds is 8. The van der Waals surface area contributed by atoms with Crippen LogP contribution in [-0.2, 0) is 6.42 Å². The minimum atomic E-state index is 0.115. The van der Waals surface area contributed by atoms with E-state index in [1.54, 1.807) is 7.11 Å². The molecule has 1 heterocycles. The highest BCUT2D eigenvalue weighted by molar-refractivity contribution is 5.40. The Kier molecular flexibility index (Phi) is 6.33. The summed E-state index contributed by atoms with van der Waals surface area (Å²) < 4.78 is 11.2. The van der Waals surface area contributed by atoms with E-state index in [0.29, 0.717) is 0 Å². The van der Waals surface area contributed by atoms with Gasteiger partial charge in [-0.05, 0) is 69.5 Å². The first-order chi connectivity index (χ1) is 10.2. The van der Waals surface area contributed by atoms with Crippen molar-refractivity contribution in [2.75, 3.05) is 33.4 Å². The van der Waals surface area contributed by atoms with Gasteiger partial charge in [-0.2, -0.15) is 0 Å². The molecule has 0 amide bonds. The van der Waals surface area contributed by atoms with Crippen molar-refractivity contribution in [2.24, 2.45) is 5.73 Å². The molecule has 1 fully saturated rings. The Hall–Kier alpha value is -1.26. The molecule has 4 nitrogen and oxygen atoms in total. The summed E-state index contributed by atoms with van der Waals surface area (Å²) in [4.78, 5) is 2.51. The molecule has 2 N–H and O–H groups in total. The van der Waals surface area contributed by atoms with E-state index in [1.165, 1.54) is 25.9 Å². The third-order valence-corrected chi connectivity index (χ3v) is 3.88. The van der Waals surface area contributed by atoms with Crippen molar-refractivity contribution in [3.05, 3.63) is 23.8 Å². The second-order valence-electron chi connectivity index (χ2n) is 5.91. The van der Waals surface area contributed by atoms with E-state index < -0.39 is 0 Å². The lowest BCUT2D eigenvalue weighted by Gasteiger charge is -2.17. The van der Waals surface area contributed by atoms with Crippen LogP contribution in [0.1, 0.15) is 31.7 Å². The van der Waals surface area contributed by atoms with Crippen LogP contribution < -0.4 is 15.2 Å². The van der Waals surface area contributed by atoms with Crippen LogP contribution in [0.15, 0.2) is 18.2 Å². The van der Waals surface area contributed by atoms with Crippen molar-refractivity contribution in [2.45, 2.75) is 38.6 Å². The van der Waals surface area contributed by atoms with E-state index in [2.05, 4.69) is 4.90 Å². The third-order valence-electron chi connectivity index (χ3n) is 3.88. The predicted octanol–water partition coefficient (Wildman–Crippen LogP) is 2.45. The normalized spacial score (nSPS) is 16.9. The maximum atomic E-state index is 5.96. The van der Waals surface area contributed by atoms with Gasteiger partial charge in [0.15, 0.2) is 0 Å². The lowest BCUT2D eigenvalue weighted by Crippen LogP contribution is -2.22. The molecule has 0 bridgehead atoms. The van der Waals surface area contributed by atoms with E-state index in [1.807, 2.05) is 25.1 Å². The Balaban J connectivity index is 1.85. The summed E-state index contributed by atoms with van der Waals surface area (Å²) in [5, 5.41) is 0. The molecular weight excluding hydrogens is 264 g/mol. The molecule has 0 radical (unpaired) electrons. The van der Waals surface area contributed by atoms with E-state index >= 15 is 0 Å². The summed E-state index contributed by atoms with van der Waals surface area (Å²) in [5.41, 5.74) is 7.05. The SMILES string of the molecule is COc1ccc(OCCCN2CCCC2)c(CC(C)N)c1. The molecule has 1 atom stereocenters. The molecule has 0 spiro atoms. The van der Waals surface area contributed by atoms with Gasteiger partial charge in [0.25, 0.3) is 0 Å². The summed E-state index contributed by atoms with van der Waals surface area (Å²) in [7, 11) is 1.68. The molecule has 118 valence electrons. The fourth-order valence-electron chi connectivity index (χ4n) is 2.81. The smallest absolute Gasteiger partial charge is 0.122 e. The summed E-state index contributed by atoms with van der Waals surface area (Å²) in [6.45, 7) is 6.40. The topological polar surface area (TPSA) is 47.7 Å². The van der Waals surface area contributed by atoms with Gasteiger partial charge >= 0.3 is 0 Å². The van der Waals surface area contributed by atoms with Crippen LogP contribution >= 0.6 is 0 Å². The number of nitrogens with two attached hydrogens (primary N) is 1. The number of hydrogen-bond acceptors (Lipinski definition) is 4. The van der Waals surface area contributed by atoms with Crippen molar-refractivity contribution in [3.63, 3.8) is 0 Å². The highest BCUT2D eigenvalue weighted by Crippen LogP contribution is 2.25. The Labute approximate surface area is 128 Å². The van der Waals surface area contributed by atoms with E-state index in [-0.39, 0.29) is 6.04 Å². The quantitative estimate of drug-likeness (QED) is 0.748. The van der Waals surface area contributed by atoms with Crippen LogP contribution in [0.4, 0.5) is 0 Å². The maximum absolute atomic E-state index is 5.96. The van der Waals surface area contributed by atoms with Gasteiger partial charge in [-0.25, -0.2) is 0 Å². The van der Waals surface area contributed by atoms with Crippen molar-refractivity contribution in [1.29, 1.82) is 0 Å². The van der Waals surface area contributed by atoms with Crippen LogP contribution in [0, 0.1) is 0 Å². The molecule has 0 saturated carbocycles. The number of benzene rings is 1. The first-order valence-electron chi connectivity index (χ1n) is 7.96. The van der Waals surface area contributed by atoms with Crippen molar-refractivity contribution in [1.82, 2.24) is 4.90 Å². The molecule has 21 heavy (non-hydrogen) atoms. The van der Waals surface area contributed by atoms with Crippen molar-refractivity contribution < 1.29 is 9.47 Å². The lowest BCUT2D eigenvalue weighted by molar-refractivity contribution is 0.261. The van der Waals surface area contributed by atoms with Crippen molar-refractivity contribution >= 4 is 0 Å². The lowest BCUT2D eigenvalue weighted by atomic mass is 10.1. The minimum Gasteiger partial charge on any atom is -0.497 e. The van der Waals surface area contributed by atoms with Gasteiger partial charge in [0, 0.05) is 12.6 Å². The number of ether oxygens (including phenoxy) is 2. The number of likely N-dealkylation sites (tertiary alicyclic amines) is 1. The van der Waals surface area contributed by atoms with E-state index in [0.717, 1.165) is 43.1 Å². The van der Waals surface area contributed by atoms with Crippen molar-refractivity contribution in [3.8, 4) is 11.5 Å². The van der Waals surface area contributed by atoms with Crippen LogP contribution in [0.3, 0.4) is 0 Å². The van der Waals surface area contributed by atoms with Gasteiger partial charge in [-0.1, -0.05) is 0 Å². The predicted molar refractivity (Wildman–Crippen MR) is 86.1 cm³/mol. The average molecular weight is 292 g/mol. The molecule has 1 aromatic carbocycles. The van der Waals surface area contributed by atoms with Crippen LogP contribution in [0.2, 0.25) is 0 Å². The Bertz CT molecular complexity index is 429. The molecule has 1 aliphatic heterocycles. The molecule has 1 aromatic rings. The average Bonchev–Trinajstić information content (AvgIpc) is 2.97. The highest BCUT2D eigenvalue weighted by Gasteiger charge is 2.11. The van der Waals surface area contributed by atoms with E-state index in [4.69, 9.17) is 15.2 Å². The fraction of sp³-hybridized carbons (Fsp3) is 0.647. The fourth-order valence-corrected chi connectivity index (χ4v) is 2.81. The zero-order valence-corrected chi connectivity index (χ0v) is 13.3. The standard InChI is InChI=1S/C17H28N2O2/c1-14(18)12-15-13-16(20-2)6-7-17(15)21-11-5-10-19-8-3-4-9-19/h6-7,13-14H,3-5,8-12,18H2,1-2H3. The molecule has 2 rings (SSSR count). The van der Waals surface area contributed by atoms with Crippen LogP contribution in [0.25, 0.3) is 0 Å². The molecular formula is C17H28N2O2. The second kappa shape index (κ2) is 8.25. The third kappa shape index (κ3) is 5.21. The van der Waals surface area contributed by atoms with Gasteiger partial charge in [-0.15, -0.1) is 0 Å². The first-order valence-corrected chi connectivity index (χ1v) is 7.96. The second-order valence-corrected chi connectivity index (χ2v) is 5.91. The minimum absolute atomic E-state index is 0.115. The first kappa shape index (κ1) is 16.1. The Morgan fingerprint density at radius 3 is 2.71 bits per heavy atom. The number of methoxy groups -OCH3 is 1. The Morgan fingerprint density at radius 1 is 1.29 bits per heavy atom. The zero-order chi connectivity index (χ0) is 15.1.